The predicted molar refractivity (Wildman–Crippen MR) is 90.8 cm³/mol. The fourth-order valence-electron chi connectivity index (χ4n) is 3.83. The average molecular weight is 314 g/mol. The Balaban J connectivity index is 2.05. The van der Waals surface area contributed by atoms with E-state index in [2.05, 4.69) is 32.9 Å². The maximum atomic E-state index is 11.8. The van der Waals surface area contributed by atoms with Crippen LogP contribution in [0.3, 0.4) is 0 Å². The van der Waals surface area contributed by atoms with E-state index in [9.17, 15) is 14.4 Å². The first-order valence-electron chi connectivity index (χ1n) is 8.36. The lowest BCUT2D eigenvalue weighted by Crippen LogP contribution is -2.26. The largest absolute Gasteiger partial charge is 0.303 e. The summed E-state index contributed by atoms with van der Waals surface area (Å²) in [6.45, 7) is 6.29. The highest BCUT2D eigenvalue weighted by atomic mass is 16.1. The zero-order chi connectivity index (χ0) is 17.0. The van der Waals surface area contributed by atoms with Crippen molar-refractivity contribution < 1.29 is 14.4 Å². The van der Waals surface area contributed by atoms with E-state index >= 15 is 0 Å². The molecule has 2 aliphatic rings. The van der Waals surface area contributed by atoms with Crippen molar-refractivity contribution in [3.63, 3.8) is 0 Å². The van der Waals surface area contributed by atoms with E-state index in [1.165, 1.54) is 11.1 Å². The van der Waals surface area contributed by atoms with Crippen LogP contribution in [0.2, 0.25) is 0 Å². The van der Waals surface area contributed by atoms with Crippen LogP contribution in [0.5, 0.6) is 0 Å². The third kappa shape index (κ3) is 3.60. The molecule has 3 heteroatoms. The molecule has 0 aromatic heterocycles. The van der Waals surface area contributed by atoms with Crippen LogP contribution in [-0.4, -0.2) is 18.9 Å². The maximum Gasteiger partial charge on any atom is 0.146 e. The first kappa shape index (κ1) is 17.6. The van der Waals surface area contributed by atoms with Gasteiger partial charge < -0.3 is 9.59 Å². The number of hydrogen-bond acceptors (Lipinski definition) is 3. The Labute approximate surface area is 138 Å². The first-order valence-corrected chi connectivity index (χ1v) is 8.36. The highest BCUT2D eigenvalue weighted by Crippen LogP contribution is 2.62. The van der Waals surface area contributed by atoms with Crippen LogP contribution < -0.4 is 0 Å². The number of allylic oxidation sites excluding steroid dienone is 6. The van der Waals surface area contributed by atoms with Gasteiger partial charge in [-0.15, -0.1) is 0 Å². The zero-order valence-corrected chi connectivity index (χ0v) is 14.2. The third-order valence-electron chi connectivity index (χ3n) is 5.30. The van der Waals surface area contributed by atoms with Crippen LogP contribution in [0.1, 0.15) is 46.5 Å². The fraction of sp³-hybridized carbons (Fsp3) is 0.550. The maximum absolute atomic E-state index is 11.8. The molecule has 0 bridgehead atoms. The summed E-state index contributed by atoms with van der Waals surface area (Å²) >= 11 is 0. The van der Waals surface area contributed by atoms with Gasteiger partial charge in [-0.2, -0.15) is 0 Å². The summed E-state index contributed by atoms with van der Waals surface area (Å²) in [6.07, 6.45) is 12.3. The van der Waals surface area contributed by atoms with Gasteiger partial charge in [-0.05, 0) is 63.9 Å². The van der Waals surface area contributed by atoms with Gasteiger partial charge in [0.15, 0.2) is 0 Å². The van der Waals surface area contributed by atoms with Crippen LogP contribution in [0, 0.1) is 23.2 Å². The Hall–Kier alpha value is -1.77. The van der Waals surface area contributed by atoms with E-state index in [4.69, 9.17) is 0 Å². The minimum absolute atomic E-state index is 0.0514. The summed E-state index contributed by atoms with van der Waals surface area (Å²) in [6, 6.07) is 0. The van der Waals surface area contributed by atoms with Crippen LogP contribution >= 0.6 is 0 Å². The average Bonchev–Trinajstić information content (AvgIpc) is 3.05. The molecule has 124 valence electrons. The van der Waals surface area contributed by atoms with Crippen LogP contribution in [0.25, 0.3) is 0 Å². The second kappa shape index (κ2) is 7.20. The van der Waals surface area contributed by atoms with Crippen LogP contribution in [0.15, 0.2) is 34.9 Å². The molecule has 0 radical (unpaired) electrons. The highest BCUT2D eigenvalue weighted by molar-refractivity contribution is 5.83. The smallest absolute Gasteiger partial charge is 0.146 e. The molecule has 0 unspecified atom stereocenters. The highest BCUT2D eigenvalue weighted by Gasteiger charge is 2.60. The van der Waals surface area contributed by atoms with Crippen molar-refractivity contribution in [2.24, 2.45) is 23.2 Å². The molecule has 0 spiro atoms. The van der Waals surface area contributed by atoms with Crippen LogP contribution in [0.4, 0.5) is 0 Å². The number of aldehydes is 3. The molecule has 23 heavy (non-hydrogen) atoms. The Morgan fingerprint density at radius 3 is 2.57 bits per heavy atom. The summed E-state index contributed by atoms with van der Waals surface area (Å²) in [5, 5.41) is 0. The van der Waals surface area contributed by atoms with Crippen molar-refractivity contribution in [3.8, 4) is 0 Å². The lowest BCUT2D eigenvalue weighted by atomic mass is 9.78. The lowest BCUT2D eigenvalue weighted by Gasteiger charge is -2.22. The van der Waals surface area contributed by atoms with E-state index in [0.717, 1.165) is 38.1 Å². The fourth-order valence-corrected chi connectivity index (χ4v) is 3.83. The number of rotatable bonds is 8. The number of carbonyl (C=O) groups is 3. The minimum atomic E-state index is -0.454. The van der Waals surface area contributed by atoms with Gasteiger partial charge in [-0.1, -0.05) is 29.4 Å². The van der Waals surface area contributed by atoms with Crippen molar-refractivity contribution in [1.29, 1.82) is 0 Å². The van der Waals surface area contributed by atoms with Gasteiger partial charge in [-0.25, -0.2) is 0 Å². The normalized spacial score (nSPS) is 32.9. The Morgan fingerprint density at radius 1 is 1.26 bits per heavy atom. The Morgan fingerprint density at radius 2 is 2.00 bits per heavy atom. The molecular weight excluding hydrogens is 288 g/mol. The molecule has 4 atom stereocenters. The molecule has 0 aromatic carbocycles. The molecule has 0 aromatic rings. The molecule has 0 saturated heterocycles. The van der Waals surface area contributed by atoms with Gasteiger partial charge in [0.2, 0.25) is 0 Å². The van der Waals surface area contributed by atoms with Crippen molar-refractivity contribution >= 4 is 18.9 Å². The molecule has 0 amide bonds. The summed E-state index contributed by atoms with van der Waals surface area (Å²) in [7, 11) is 0. The zero-order valence-electron chi connectivity index (χ0n) is 14.2. The molecular formula is C20H26O3. The van der Waals surface area contributed by atoms with Gasteiger partial charge in [-0.3, -0.25) is 4.79 Å². The van der Waals surface area contributed by atoms with Gasteiger partial charge in [0.25, 0.3) is 0 Å². The van der Waals surface area contributed by atoms with E-state index < -0.39 is 11.3 Å². The minimum Gasteiger partial charge on any atom is -0.303 e. The predicted octanol–water partition coefficient (Wildman–Crippen LogP) is 3.84. The third-order valence-corrected chi connectivity index (χ3v) is 5.30. The molecule has 1 saturated carbocycles. The standard InChI is InChI=1S/C20H26O3/c1-14(2)5-4-6-15(3)9-17-10-20(17,13-23)19-8-7-16(11-21)18(19)12-22/h5,7,9,11-13,17-19H,4,6,8,10H2,1-3H3/b15-9+/t17-,18-,19-,20-/m0/s1. The van der Waals surface area contributed by atoms with Crippen molar-refractivity contribution in [2.75, 3.05) is 0 Å². The van der Waals surface area contributed by atoms with Gasteiger partial charge >= 0.3 is 0 Å². The summed E-state index contributed by atoms with van der Waals surface area (Å²) < 4.78 is 0. The van der Waals surface area contributed by atoms with Gasteiger partial charge in [0.1, 0.15) is 18.9 Å². The monoisotopic (exact) mass is 314 g/mol. The SMILES string of the molecule is CC(C)=CCC/C(C)=C/[C@H]1C[C@@]1(C=O)[C@H]1CC=C(C=O)[C@@H]1C=O. The molecule has 0 aliphatic heterocycles. The molecule has 2 rings (SSSR count). The second-order valence-electron chi connectivity index (χ2n) is 7.20. The Bertz CT molecular complexity index is 578. The van der Waals surface area contributed by atoms with Gasteiger partial charge in [0, 0.05) is 11.3 Å². The molecule has 1 fully saturated rings. The summed E-state index contributed by atoms with van der Waals surface area (Å²) in [4.78, 5) is 34.2. The lowest BCUT2D eigenvalue weighted by molar-refractivity contribution is -0.118. The Kier molecular flexibility index (Phi) is 5.51. The van der Waals surface area contributed by atoms with E-state index in [1.54, 1.807) is 0 Å². The van der Waals surface area contributed by atoms with Crippen molar-refractivity contribution in [2.45, 2.75) is 46.5 Å². The number of hydrogen-bond donors (Lipinski definition) is 0. The second-order valence-corrected chi connectivity index (χ2v) is 7.20. The van der Waals surface area contributed by atoms with Gasteiger partial charge in [0.05, 0.1) is 0 Å². The first-order chi connectivity index (χ1) is 11.0. The van der Waals surface area contributed by atoms with E-state index in [0.29, 0.717) is 12.0 Å². The molecule has 2 aliphatic carbocycles. The quantitative estimate of drug-likeness (QED) is 0.505. The van der Waals surface area contributed by atoms with E-state index in [-0.39, 0.29) is 11.8 Å². The summed E-state index contributed by atoms with van der Waals surface area (Å²) in [5.41, 5.74) is 2.70. The topological polar surface area (TPSA) is 51.2 Å². The molecule has 0 heterocycles. The number of carbonyl (C=O) groups excluding carboxylic acids is 3. The molecule has 3 nitrogen and oxygen atoms in total. The van der Waals surface area contributed by atoms with Crippen molar-refractivity contribution in [3.05, 3.63) is 34.9 Å². The van der Waals surface area contributed by atoms with Crippen LogP contribution in [-0.2, 0) is 14.4 Å². The summed E-state index contributed by atoms with van der Waals surface area (Å²) in [5.74, 6) is -0.259. The van der Waals surface area contributed by atoms with E-state index in [1.807, 2.05) is 6.08 Å². The van der Waals surface area contributed by atoms with Crippen molar-refractivity contribution in [1.82, 2.24) is 0 Å². The molecule has 0 N–H and O–H groups in total.